The van der Waals surface area contributed by atoms with Crippen LogP contribution in [0.5, 0.6) is 0 Å². The predicted octanol–water partition coefficient (Wildman–Crippen LogP) is 3.10. The average molecular weight is 272 g/mol. The second-order valence-electron chi connectivity index (χ2n) is 3.61. The zero-order chi connectivity index (χ0) is 13.3. The molecule has 0 bridgehead atoms. The van der Waals surface area contributed by atoms with Crippen LogP contribution in [0, 0.1) is 6.92 Å². The smallest absolute Gasteiger partial charge is 0.288 e. The van der Waals surface area contributed by atoms with E-state index in [2.05, 4.69) is 9.97 Å². The molecule has 2 heterocycles. The van der Waals surface area contributed by atoms with Gasteiger partial charge in [0.25, 0.3) is 0 Å². The molecule has 0 fully saturated rings. The summed E-state index contributed by atoms with van der Waals surface area (Å²) in [5.74, 6) is -0.501. The molecule has 0 aliphatic heterocycles. The molecule has 7 heteroatoms. The molecule has 0 aromatic carbocycles. The molecule has 0 atom stereocenters. The van der Waals surface area contributed by atoms with Crippen molar-refractivity contribution >= 4 is 17.1 Å². The maximum Gasteiger partial charge on any atom is 0.443 e. The number of thiazole rings is 1. The number of carbonyl (C=O) groups is 1. The van der Waals surface area contributed by atoms with E-state index in [4.69, 9.17) is 0 Å². The molecule has 2 aromatic rings. The summed E-state index contributed by atoms with van der Waals surface area (Å²) in [5, 5.41) is -1.02. The summed E-state index contributed by atoms with van der Waals surface area (Å²) in [6.45, 7) is 1.75. The molecule has 18 heavy (non-hydrogen) atoms. The minimum absolute atomic E-state index is 0.0466. The first-order valence-electron chi connectivity index (χ1n) is 4.87. The zero-order valence-electron chi connectivity index (χ0n) is 9.15. The lowest BCUT2D eigenvalue weighted by Crippen LogP contribution is -2.03. The molecule has 0 radical (unpaired) electrons. The van der Waals surface area contributed by atoms with Crippen molar-refractivity contribution in [2.24, 2.45) is 0 Å². The highest BCUT2D eigenvalue weighted by Crippen LogP contribution is 2.33. The quantitative estimate of drug-likeness (QED) is 0.789. The molecule has 0 saturated heterocycles. The second-order valence-corrected chi connectivity index (χ2v) is 4.64. The van der Waals surface area contributed by atoms with Crippen molar-refractivity contribution in [2.45, 2.75) is 13.1 Å². The van der Waals surface area contributed by atoms with Gasteiger partial charge in [0.05, 0.1) is 4.88 Å². The molecule has 94 valence electrons. The van der Waals surface area contributed by atoms with E-state index in [1.807, 2.05) is 0 Å². The monoisotopic (exact) mass is 272 g/mol. The Hall–Kier alpha value is -1.76. The molecular formula is C11H7F3N2OS. The van der Waals surface area contributed by atoms with E-state index in [0.29, 0.717) is 11.3 Å². The van der Waals surface area contributed by atoms with Gasteiger partial charge < -0.3 is 0 Å². The Bertz CT molecular complexity index is 592. The molecule has 0 amide bonds. The molecule has 0 saturated carbocycles. The van der Waals surface area contributed by atoms with Gasteiger partial charge in [-0.25, -0.2) is 4.98 Å². The third-order valence-corrected chi connectivity index (χ3v) is 3.15. The lowest BCUT2D eigenvalue weighted by Gasteiger charge is -1.99. The minimum atomic E-state index is -4.52. The van der Waals surface area contributed by atoms with Gasteiger partial charge in [0.1, 0.15) is 0 Å². The maximum absolute atomic E-state index is 12.4. The molecule has 0 unspecified atom stereocenters. The molecule has 2 aromatic heterocycles. The fraction of sp³-hybridized carbons (Fsp3) is 0.182. The first-order valence-corrected chi connectivity index (χ1v) is 5.69. The lowest BCUT2D eigenvalue weighted by atomic mass is 10.1. The highest BCUT2D eigenvalue weighted by molar-refractivity contribution is 7.13. The van der Waals surface area contributed by atoms with Crippen molar-refractivity contribution in [2.75, 3.05) is 0 Å². The Labute approximate surface area is 104 Å². The highest BCUT2D eigenvalue weighted by Gasteiger charge is 2.35. The van der Waals surface area contributed by atoms with Crippen LogP contribution in [-0.2, 0) is 6.18 Å². The first-order chi connectivity index (χ1) is 8.38. The summed E-state index contributed by atoms with van der Waals surface area (Å²) in [6, 6.07) is 1.57. The van der Waals surface area contributed by atoms with Crippen molar-refractivity contribution in [3.63, 3.8) is 0 Å². The first kappa shape index (κ1) is 12.7. The third kappa shape index (κ3) is 2.56. The Morgan fingerprint density at radius 2 is 2.00 bits per heavy atom. The minimum Gasteiger partial charge on any atom is -0.288 e. The van der Waals surface area contributed by atoms with E-state index in [1.54, 1.807) is 19.2 Å². The fourth-order valence-electron chi connectivity index (χ4n) is 1.33. The summed E-state index contributed by atoms with van der Waals surface area (Å²) in [6.07, 6.45) is -0.695. The van der Waals surface area contributed by atoms with Crippen molar-refractivity contribution in [3.05, 3.63) is 45.7 Å². The largest absolute Gasteiger partial charge is 0.443 e. The van der Waals surface area contributed by atoms with Gasteiger partial charge in [0.15, 0.2) is 5.01 Å². The van der Waals surface area contributed by atoms with Crippen LogP contribution in [0.25, 0.3) is 0 Å². The van der Waals surface area contributed by atoms with Crippen LogP contribution < -0.4 is 0 Å². The van der Waals surface area contributed by atoms with Crippen LogP contribution in [0.3, 0.4) is 0 Å². The van der Waals surface area contributed by atoms with Gasteiger partial charge in [-0.15, -0.1) is 11.3 Å². The standard InChI is InChI=1S/C11H7F3N2OS/c1-6-2-7(4-15-3-6)9(17)8-5-16-10(18-8)11(12,13)14/h2-5H,1H3. The lowest BCUT2D eigenvalue weighted by molar-refractivity contribution is -0.137. The topological polar surface area (TPSA) is 42.9 Å². The van der Waals surface area contributed by atoms with Crippen molar-refractivity contribution in [1.82, 2.24) is 9.97 Å². The molecule has 0 aliphatic carbocycles. The summed E-state index contributed by atoms with van der Waals surface area (Å²) >= 11 is 0.335. The van der Waals surface area contributed by atoms with Crippen LogP contribution >= 0.6 is 11.3 Å². The summed E-state index contributed by atoms with van der Waals surface area (Å²) in [4.78, 5) is 18.9. The molecular weight excluding hydrogens is 265 g/mol. The van der Waals surface area contributed by atoms with Crippen molar-refractivity contribution in [3.8, 4) is 0 Å². The Balaban J connectivity index is 2.33. The van der Waals surface area contributed by atoms with Gasteiger partial charge in [-0.05, 0) is 18.6 Å². The van der Waals surface area contributed by atoms with Crippen molar-refractivity contribution in [1.29, 1.82) is 0 Å². The molecule has 0 spiro atoms. The number of hydrogen-bond acceptors (Lipinski definition) is 4. The number of ketones is 1. The molecule has 0 N–H and O–H groups in total. The van der Waals surface area contributed by atoms with Gasteiger partial charge in [0, 0.05) is 24.2 Å². The van der Waals surface area contributed by atoms with Crippen molar-refractivity contribution < 1.29 is 18.0 Å². The van der Waals surface area contributed by atoms with E-state index in [0.717, 1.165) is 11.8 Å². The SMILES string of the molecule is Cc1cncc(C(=O)c2cnc(C(F)(F)F)s2)c1. The van der Waals surface area contributed by atoms with E-state index < -0.39 is 17.0 Å². The number of hydrogen-bond donors (Lipinski definition) is 0. The van der Waals surface area contributed by atoms with Crippen LogP contribution in [0.2, 0.25) is 0 Å². The number of alkyl halides is 3. The van der Waals surface area contributed by atoms with E-state index in [9.17, 15) is 18.0 Å². The highest BCUT2D eigenvalue weighted by atomic mass is 32.1. The number of nitrogens with zero attached hydrogens (tertiary/aromatic N) is 2. The molecule has 0 aliphatic rings. The average Bonchev–Trinajstić information content (AvgIpc) is 2.77. The van der Waals surface area contributed by atoms with Crippen LogP contribution in [0.15, 0.2) is 24.7 Å². The van der Waals surface area contributed by atoms with Gasteiger partial charge >= 0.3 is 6.18 Å². The summed E-state index contributed by atoms with van der Waals surface area (Å²) < 4.78 is 37.1. The summed E-state index contributed by atoms with van der Waals surface area (Å²) in [5.41, 5.74) is 1.02. The van der Waals surface area contributed by atoms with E-state index >= 15 is 0 Å². The van der Waals surface area contributed by atoms with Gasteiger partial charge in [-0.2, -0.15) is 13.2 Å². The molecule has 2 rings (SSSR count). The van der Waals surface area contributed by atoms with E-state index in [1.165, 1.54) is 6.20 Å². The van der Waals surface area contributed by atoms with Crippen LogP contribution in [-0.4, -0.2) is 15.8 Å². The van der Waals surface area contributed by atoms with Gasteiger partial charge in [-0.3, -0.25) is 9.78 Å². The number of rotatable bonds is 2. The van der Waals surface area contributed by atoms with Gasteiger partial charge in [-0.1, -0.05) is 0 Å². The maximum atomic E-state index is 12.4. The number of carbonyl (C=O) groups excluding carboxylic acids is 1. The van der Waals surface area contributed by atoms with Gasteiger partial charge in [0.2, 0.25) is 5.78 Å². The van der Waals surface area contributed by atoms with Crippen LogP contribution in [0.4, 0.5) is 13.2 Å². The summed E-state index contributed by atoms with van der Waals surface area (Å²) in [7, 11) is 0. The normalized spacial score (nSPS) is 11.6. The fourth-order valence-corrected chi connectivity index (χ4v) is 2.08. The van der Waals surface area contributed by atoms with Crippen LogP contribution in [0.1, 0.15) is 25.8 Å². The number of aryl methyl sites for hydroxylation is 1. The molecule has 3 nitrogen and oxygen atoms in total. The van der Waals surface area contributed by atoms with E-state index in [-0.39, 0.29) is 10.4 Å². The Morgan fingerprint density at radius 1 is 1.28 bits per heavy atom. The number of halogens is 3. The zero-order valence-corrected chi connectivity index (χ0v) is 9.97. The third-order valence-electron chi connectivity index (χ3n) is 2.11. The number of aromatic nitrogens is 2. The number of pyridine rings is 1. The predicted molar refractivity (Wildman–Crippen MR) is 59.5 cm³/mol. The Morgan fingerprint density at radius 3 is 2.56 bits per heavy atom. The second kappa shape index (κ2) is 4.49. The Kier molecular flexibility index (Phi) is 3.16.